The molecule has 5 nitrogen and oxygen atoms in total. The molecule has 4 rings (SSSR count). The van der Waals surface area contributed by atoms with Gasteiger partial charge in [0.1, 0.15) is 17.3 Å². The molecule has 0 aliphatic heterocycles. The Morgan fingerprint density at radius 3 is 2.57 bits per heavy atom. The summed E-state index contributed by atoms with van der Waals surface area (Å²) in [6.07, 6.45) is 0. The number of aryl methyl sites for hydroxylation is 1. The van der Waals surface area contributed by atoms with Crippen LogP contribution in [-0.4, -0.2) is 21.0 Å². The SMILES string of the molecule is Cc1ccc(Oc2ccc(-c3nc4cc(C(=O)O)ccc4[nH]3)cc2Cl)cc1Cl. The number of aromatic nitrogens is 2. The van der Waals surface area contributed by atoms with Crippen LogP contribution in [0.4, 0.5) is 0 Å². The quantitative estimate of drug-likeness (QED) is 0.410. The highest BCUT2D eigenvalue weighted by atomic mass is 35.5. The van der Waals surface area contributed by atoms with Crippen LogP contribution in [0.15, 0.2) is 54.6 Å². The Morgan fingerprint density at radius 1 is 1.04 bits per heavy atom. The van der Waals surface area contributed by atoms with Crippen molar-refractivity contribution in [3.63, 3.8) is 0 Å². The van der Waals surface area contributed by atoms with Crippen LogP contribution in [0.25, 0.3) is 22.4 Å². The van der Waals surface area contributed by atoms with E-state index in [1.165, 1.54) is 12.1 Å². The first kappa shape index (κ1) is 18.3. The van der Waals surface area contributed by atoms with Gasteiger partial charge >= 0.3 is 5.97 Å². The van der Waals surface area contributed by atoms with Crippen molar-refractivity contribution in [2.24, 2.45) is 0 Å². The molecule has 0 amide bonds. The zero-order valence-electron chi connectivity index (χ0n) is 14.7. The van der Waals surface area contributed by atoms with E-state index >= 15 is 0 Å². The van der Waals surface area contributed by atoms with Gasteiger partial charge in [0.15, 0.2) is 0 Å². The normalized spacial score (nSPS) is 11.0. The van der Waals surface area contributed by atoms with E-state index in [2.05, 4.69) is 9.97 Å². The van der Waals surface area contributed by atoms with Gasteiger partial charge in [0.2, 0.25) is 0 Å². The molecule has 28 heavy (non-hydrogen) atoms. The lowest BCUT2D eigenvalue weighted by Crippen LogP contribution is -1.94. The van der Waals surface area contributed by atoms with Crippen molar-refractivity contribution < 1.29 is 14.6 Å². The van der Waals surface area contributed by atoms with E-state index in [-0.39, 0.29) is 5.56 Å². The number of ether oxygens (including phenoxy) is 1. The Hall–Kier alpha value is -3.02. The lowest BCUT2D eigenvalue weighted by molar-refractivity contribution is 0.0697. The highest BCUT2D eigenvalue weighted by molar-refractivity contribution is 6.32. The smallest absolute Gasteiger partial charge is 0.335 e. The van der Waals surface area contributed by atoms with Crippen LogP contribution in [0.1, 0.15) is 15.9 Å². The number of fused-ring (bicyclic) bond motifs is 1. The second-order valence-corrected chi connectivity index (χ2v) is 7.10. The highest BCUT2D eigenvalue weighted by Gasteiger charge is 2.12. The first-order valence-electron chi connectivity index (χ1n) is 8.38. The van der Waals surface area contributed by atoms with E-state index in [9.17, 15) is 4.79 Å². The zero-order chi connectivity index (χ0) is 19.8. The summed E-state index contributed by atoms with van der Waals surface area (Å²) in [5, 5.41) is 10.1. The number of H-pyrrole nitrogens is 1. The number of halogens is 2. The van der Waals surface area contributed by atoms with Crippen molar-refractivity contribution in [2.75, 3.05) is 0 Å². The van der Waals surface area contributed by atoms with Crippen molar-refractivity contribution in [3.8, 4) is 22.9 Å². The van der Waals surface area contributed by atoms with Crippen LogP contribution in [-0.2, 0) is 0 Å². The molecular weight excluding hydrogens is 399 g/mol. The monoisotopic (exact) mass is 412 g/mol. The Balaban J connectivity index is 1.64. The first-order chi connectivity index (χ1) is 13.4. The first-order valence-corrected chi connectivity index (χ1v) is 9.13. The molecular formula is C21H14Cl2N2O3. The van der Waals surface area contributed by atoms with Gasteiger partial charge < -0.3 is 14.8 Å². The van der Waals surface area contributed by atoms with E-state index in [1.54, 1.807) is 24.3 Å². The van der Waals surface area contributed by atoms with E-state index in [4.69, 9.17) is 33.0 Å². The molecule has 0 saturated heterocycles. The third-order valence-electron chi connectivity index (χ3n) is 4.31. The van der Waals surface area contributed by atoms with Crippen LogP contribution in [0.5, 0.6) is 11.5 Å². The van der Waals surface area contributed by atoms with Crippen molar-refractivity contribution in [2.45, 2.75) is 6.92 Å². The topological polar surface area (TPSA) is 75.2 Å². The van der Waals surface area contributed by atoms with Gasteiger partial charge in [-0.2, -0.15) is 0 Å². The average Bonchev–Trinajstić information content (AvgIpc) is 3.09. The van der Waals surface area contributed by atoms with Gasteiger partial charge in [-0.3, -0.25) is 0 Å². The summed E-state index contributed by atoms with van der Waals surface area (Å²) in [5.41, 5.74) is 3.22. The molecule has 0 unspecified atom stereocenters. The molecule has 0 bridgehead atoms. The lowest BCUT2D eigenvalue weighted by atomic mass is 10.2. The van der Waals surface area contributed by atoms with Crippen LogP contribution in [0.2, 0.25) is 10.0 Å². The number of carboxylic acids is 1. The number of carbonyl (C=O) groups is 1. The fourth-order valence-electron chi connectivity index (χ4n) is 2.77. The summed E-state index contributed by atoms with van der Waals surface area (Å²) < 4.78 is 5.82. The maximum atomic E-state index is 11.1. The second kappa shape index (κ2) is 7.19. The average molecular weight is 413 g/mol. The molecule has 7 heteroatoms. The molecule has 0 aliphatic rings. The number of carboxylic acid groups (broad SMARTS) is 1. The number of aromatic amines is 1. The minimum Gasteiger partial charge on any atom is -0.478 e. The number of nitrogens with zero attached hydrogens (tertiary/aromatic N) is 1. The van der Waals surface area contributed by atoms with Gasteiger partial charge in [0.05, 0.1) is 21.6 Å². The van der Waals surface area contributed by atoms with Gasteiger partial charge in [0, 0.05) is 10.6 Å². The molecule has 3 aromatic carbocycles. The predicted molar refractivity (Wildman–Crippen MR) is 110 cm³/mol. The van der Waals surface area contributed by atoms with Crippen molar-refractivity contribution in [3.05, 3.63) is 75.8 Å². The maximum Gasteiger partial charge on any atom is 0.335 e. The van der Waals surface area contributed by atoms with E-state index in [1.807, 2.05) is 25.1 Å². The van der Waals surface area contributed by atoms with Gasteiger partial charge in [-0.15, -0.1) is 0 Å². The Morgan fingerprint density at radius 2 is 1.86 bits per heavy atom. The summed E-state index contributed by atoms with van der Waals surface area (Å²) in [5.74, 6) is 0.682. The van der Waals surface area contributed by atoms with Crippen molar-refractivity contribution in [1.29, 1.82) is 0 Å². The Labute approximate surface area is 170 Å². The maximum absolute atomic E-state index is 11.1. The van der Waals surface area contributed by atoms with Crippen LogP contribution >= 0.6 is 23.2 Å². The minimum absolute atomic E-state index is 0.184. The fraction of sp³-hybridized carbons (Fsp3) is 0.0476. The summed E-state index contributed by atoms with van der Waals surface area (Å²) in [4.78, 5) is 18.7. The molecule has 0 saturated carbocycles. The largest absolute Gasteiger partial charge is 0.478 e. The fourth-order valence-corrected chi connectivity index (χ4v) is 3.16. The molecule has 0 radical (unpaired) electrons. The van der Waals surface area contributed by atoms with Gasteiger partial charge in [-0.1, -0.05) is 29.3 Å². The lowest BCUT2D eigenvalue weighted by Gasteiger charge is -2.09. The van der Waals surface area contributed by atoms with Crippen molar-refractivity contribution in [1.82, 2.24) is 9.97 Å². The summed E-state index contributed by atoms with van der Waals surface area (Å²) in [6, 6.07) is 15.5. The third-order valence-corrected chi connectivity index (χ3v) is 5.01. The number of benzene rings is 3. The molecule has 0 spiro atoms. The van der Waals surface area contributed by atoms with E-state index in [0.29, 0.717) is 32.9 Å². The molecule has 0 fully saturated rings. The number of nitrogens with one attached hydrogen (secondary N) is 1. The number of aromatic carboxylic acids is 1. The van der Waals surface area contributed by atoms with Gasteiger partial charge in [0.25, 0.3) is 0 Å². The van der Waals surface area contributed by atoms with Crippen molar-refractivity contribution >= 4 is 40.2 Å². The summed E-state index contributed by atoms with van der Waals surface area (Å²) >= 11 is 12.5. The molecule has 0 aliphatic carbocycles. The third kappa shape index (κ3) is 3.54. The zero-order valence-corrected chi connectivity index (χ0v) is 16.2. The Kier molecular flexibility index (Phi) is 4.71. The molecule has 1 heterocycles. The minimum atomic E-state index is -0.993. The molecule has 140 valence electrons. The Bertz CT molecular complexity index is 1220. The number of rotatable bonds is 4. The standard InChI is InChI=1S/C21H14Cl2N2O3/c1-11-2-5-14(10-15(11)22)28-19-7-4-12(8-16(19)23)20-24-17-6-3-13(21(26)27)9-18(17)25-20/h2-10H,1H3,(H,24,25)(H,26,27). The number of hydrogen-bond acceptors (Lipinski definition) is 3. The predicted octanol–water partition coefficient (Wildman–Crippen LogP) is 6.34. The van der Waals surface area contributed by atoms with E-state index < -0.39 is 5.97 Å². The summed E-state index contributed by atoms with van der Waals surface area (Å²) in [7, 11) is 0. The number of imidazole rings is 1. The number of hydrogen-bond donors (Lipinski definition) is 2. The second-order valence-electron chi connectivity index (χ2n) is 6.28. The highest BCUT2D eigenvalue weighted by Crippen LogP contribution is 2.34. The van der Waals surface area contributed by atoms with Crippen LogP contribution in [0, 0.1) is 6.92 Å². The molecule has 0 atom stereocenters. The van der Waals surface area contributed by atoms with Gasteiger partial charge in [-0.25, -0.2) is 9.78 Å². The van der Waals surface area contributed by atoms with Crippen LogP contribution < -0.4 is 4.74 Å². The van der Waals surface area contributed by atoms with E-state index in [0.717, 1.165) is 16.6 Å². The molecule has 4 aromatic rings. The summed E-state index contributed by atoms with van der Waals surface area (Å²) in [6.45, 7) is 1.92. The van der Waals surface area contributed by atoms with Gasteiger partial charge in [-0.05, 0) is 61.0 Å². The molecule has 1 aromatic heterocycles. The van der Waals surface area contributed by atoms with Crippen LogP contribution in [0.3, 0.4) is 0 Å². The molecule has 2 N–H and O–H groups in total.